The Kier molecular flexibility index (Phi) is 4.17. The molecule has 1 unspecified atom stereocenters. The van der Waals surface area contributed by atoms with E-state index in [0.717, 1.165) is 19.2 Å². The number of aromatic amines is 1. The van der Waals surface area contributed by atoms with Gasteiger partial charge >= 0.3 is 6.18 Å². The van der Waals surface area contributed by atoms with Crippen molar-refractivity contribution >= 4 is 10.0 Å². The minimum absolute atomic E-state index is 0.612. The first-order valence-electron chi connectivity index (χ1n) is 4.88. The molecule has 0 saturated carbocycles. The highest BCUT2D eigenvalue weighted by molar-refractivity contribution is 7.89. The number of H-pyrrole nitrogens is 1. The van der Waals surface area contributed by atoms with Crippen LogP contribution in [0.4, 0.5) is 13.2 Å². The number of aromatic nitrogens is 1. The van der Waals surface area contributed by atoms with Crippen LogP contribution >= 0.6 is 0 Å². The SMILES string of the molecule is CC(CC(F)(F)F)NS(=O)(=O)c1c[nH]ccc1=O. The van der Waals surface area contributed by atoms with Crippen molar-refractivity contribution in [3.05, 3.63) is 28.7 Å². The van der Waals surface area contributed by atoms with Crippen LogP contribution in [-0.4, -0.2) is 25.6 Å². The van der Waals surface area contributed by atoms with Gasteiger partial charge in [0.2, 0.25) is 15.5 Å². The van der Waals surface area contributed by atoms with E-state index in [9.17, 15) is 26.4 Å². The molecular formula is C9H11F3N2O3S. The van der Waals surface area contributed by atoms with Gasteiger partial charge in [0.15, 0.2) is 0 Å². The van der Waals surface area contributed by atoms with Gasteiger partial charge in [-0.2, -0.15) is 13.2 Å². The average Bonchev–Trinajstić information content (AvgIpc) is 2.13. The number of hydrogen-bond acceptors (Lipinski definition) is 3. The van der Waals surface area contributed by atoms with Crippen molar-refractivity contribution in [2.45, 2.75) is 30.5 Å². The maximum absolute atomic E-state index is 12.1. The summed E-state index contributed by atoms with van der Waals surface area (Å²) >= 11 is 0. The second-order valence-corrected chi connectivity index (χ2v) is 5.40. The first kappa shape index (κ1) is 14.7. The number of rotatable bonds is 4. The molecule has 1 rings (SSSR count). The number of hydrogen-bond donors (Lipinski definition) is 2. The van der Waals surface area contributed by atoms with E-state index in [4.69, 9.17) is 0 Å². The Bertz CT molecular complexity index is 565. The molecule has 1 atom stereocenters. The van der Waals surface area contributed by atoms with E-state index in [1.165, 1.54) is 6.20 Å². The van der Waals surface area contributed by atoms with Crippen molar-refractivity contribution in [2.24, 2.45) is 0 Å². The van der Waals surface area contributed by atoms with Gasteiger partial charge in [0.25, 0.3) is 0 Å². The summed E-state index contributed by atoms with van der Waals surface area (Å²) in [7, 11) is -4.26. The molecule has 18 heavy (non-hydrogen) atoms. The van der Waals surface area contributed by atoms with Crippen LogP contribution in [0.25, 0.3) is 0 Å². The molecule has 5 nitrogen and oxygen atoms in total. The molecule has 0 saturated heterocycles. The lowest BCUT2D eigenvalue weighted by Gasteiger charge is -2.15. The first-order chi connectivity index (χ1) is 8.12. The Morgan fingerprint density at radius 3 is 2.56 bits per heavy atom. The standard InChI is InChI=1S/C9H11F3N2O3S/c1-6(4-9(10,11)12)14-18(16,17)8-5-13-3-2-7(8)15/h2-3,5-6,14H,4H2,1H3,(H,13,15). The lowest BCUT2D eigenvalue weighted by molar-refractivity contribution is -0.137. The van der Waals surface area contributed by atoms with Crippen LogP contribution < -0.4 is 10.2 Å². The maximum atomic E-state index is 12.1. The molecule has 0 amide bonds. The molecule has 0 aliphatic carbocycles. The Labute approximate surface area is 101 Å². The molecule has 0 radical (unpaired) electrons. The lowest BCUT2D eigenvalue weighted by Crippen LogP contribution is -2.37. The normalized spacial score (nSPS) is 14.4. The third-order valence-electron chi connectivity index (χ3n) is 1.97. The van der Waals surface area contributed by atoms with Gasteiger partial charge in [0, 0.05) is 24.5 Å². The summed E-state index contributed by atoms with van der Waals surface area (Å²) in [5.41, 5.74) is -0.791. The van der Waals surface area contributed by atoms with Crippen molar-refractivity contribution in [2.75, 3.05) is 0 Å². The fourth-order valence-corrected chi connectivity index (χ4v) is 2.62. The van der Waals surface area contributed by atoms with Crippen LogP contribution in [0.3, 0.4) is 0 Å². The molecule has 0 aliphatic heterocycles. The van der Waals surface area contributed by atoms with Crippen molar-refractivity contribution in [1.82, 2.24) is 9.71 Å². The van der Waals surface area contributed by atoms with Gasteiger partial charge in [-0.15, -0.1) is 0 Å². The third-order valence-corrected chi connectivity index (χ3v) is 3.58. The Morgan fingerprint density at radius 2 is 2.06 bits per heavy atom. The van der Waals surface area contributed by atoms with Gasteiger partial charge in [-0.25, -0.2) is 13.1 Å². The van der Waals surface area contributed by atoms with Gasteiger partial charge in [-0.05, 0) is 6.92 Å². The number of pyridine rings is 1. The van der Waals surface area contributed by atoms with Gasteiger partial charge in [0.1, 0.15) is 4.90 Å². The van der Waals surface area contributed by atoms with Crippen molar-refractivity contribution < 1.29 is 21.6 Å². The van der Waals surface area contributed by atoms with Crippen LogP contribution in [0.5, 0.6) is 0 Å². The Hall–Kier alpha value is -1.35. The molecule has 2 N–H and O–H groups in total. The fourth-order valence-electron chi connectivity index (χ4n) is 1.33. The summed E-state index contributed by atoms with van der Waals surface area (Å²) in [5, 5.41) is 0. The smallest absolute Gasteiger partial charge is 0.366 e. The first-order valence-corrected chi connectivity index (χ1v) is 6.36. The topological polar surface area (TPSA) is 79.0 Å². The number of sulfonamides is 1. The molecule has 0 aromatic carbocycles. The predicted octanol–water partition coefficient (Wildman–Crippen LogP) is 0.994. The fraction of sp³-hybridized carbons (Fsp3) is 0.444. The van der Waals surface area contributed by atoms with E-state index in [0.29, 0.717) is 0 Å². The molecule has 9 heteroatoms. The van der Waals surface area contributed by atoms with E-state index in [-0.39, 0.29) is 0 Å². The van der Waals surface area contributed by atoms with E-state index in [2.05, 4.69) is 4.98 Å². The van der Waals surface area contributed by atoms with Crippen molar-refractivity contribution in [1.29, 1.82) is 0 Å². The van der Waals surface area contributed by atoms with Gasteiger partial charge in [-0.3, -0.25) is 4.79 Å². The molecule has 0 fully saturated rings. The van der Waals surface area contributed by atoms with Crippen LogP contribution in [0, 0.1) is 0 Å². The number of halogens is 3. The minimum atomic E-state index is -4.48. The van der Waals surface area contributed by atoms with Gasteiger partial charge < -0.3 is 4.98 Å². The molecule has 1 aromatic rings. The predicted molar refractivity (Wildman–Crippen MR) is 57.5 cm³/mol. The van der Waals surface area contributed by atoms with E-state index in [1.54, 1.807) is 4.72 Å². The van der Waals surface area contributed by atoms with Crippen LogP contribution in [0.15, 0.2) is 28.2 Å². The second-order valence-electron chi connectivity index (χ2n) is 3.71. The summed E-state index contributed by atoms with van der Waals surface area (Å²) in [5.74, 6) is 0. The molecule has 1 heterocycles. The molecule has 0 bridgehead atoms. The largest absolute Gasteiger partial charge is 0.390 e. The zero-order valence-corrected chi connectivity index (χ0v) is 10.1. The van der Waals surface area contributed by atoms with Gasteiger partial charge in [-0.1, -0.05) is 0 Å². The maximum Gasteiger partial charge on any atom is 0.390 e. The zero-order valence-electron chi connectivity index (χ0n) is 9.28. The van der Waals surface area contributed by atoms with Crippen molar-refractivity contribution in [3.63, 3.8) is 0 Å². The van der Waals surface area contributed by atoms with E-state index < -0.39 is 39.0 Å². The average molecular weight is 284 g/mol. The zero-order chi connectivity index (χ0) is 14.0. The van der Waals surface area contributed by atoms with E-state index in [1.807, 2.05) is 0 Å². The quantitative estimate of drug-likeness (QED) is 0.865. The van der Waals surface area contributed by atoms with Gasteiger partial charge in [0.05, 0.1) is 6.42 Å². The van der Waals surface area contributed by atoms with Crippen LogP contribution in [0.1, 0.15) is 13.3 Å². The summed E-state index contributed by atoms with van der Waals surface area (Å²) in [6.07, 6.45) is -3.65. The monoisotopic (exact) mass is 284 g/mol. The highest BCUT2D eigenvalue weighted by atomic mass is 32.2. The molecule has 0 spiro atoms. The Morgan fingerprint density at radius 1 is 1.44 bits per heavy atom. The molecular weight excluding hydrogens is 273 g/mol. The summed E-state index contributed by atoms with van der Waals surface area (Å²) < 4.78 is 61.3. The van der Waals surface area contributed by atoms with Crippen LogP contribution in [0.2, 0.25) is 0 Å². The third kappa shape index (κ3) is 4.15. The lowest BCUT2D eigenvalue weighted by atomic mass is 10.2. The highest BCUT2D eigenvalue weighted by Gasteiger charge is 2.32. The van der Waals surface area contributed by atoms with E-state index >= 15 is 0 Å². The summed E-state index contributed by atoms with van der Waals surface area (Å²) in [6, 6.07) is -0.377. The number of nitrogens with one attached hydrogen (secondary N) is 2. The molecule has 102 valence electrons. The number of alkyl halides is 3. The highest BCUT2D eigenvalue weighted by Crippen LogP contribution is 2.21. The minimum Gasteiger partial charge on any atom is -0.366 e. The molecule has 0 aliphatic rings. The van der Waals surface area contributed by atoms with Crippen LogP contribution in [-0.2, 0) is 10.0 Å². The Balaban J connectivity index is 2.90. The summed E-state index contributed by atoms with van der Waals surface area (Å²) in [6.45, 7) is 1.07. The summed E-state index contributed by atoms with van der Waals surface area (Å²) in [4.78, 5) is 13.0. The second kappa shape index (κ2) is 5.11. The van der Waals surface area contributed by atoms with Crippen molar-refractivity contribution in [3.8, 4) is 0 Å². The molecule has 1 aromatic heterocycles.